The van der Waals surface area contributed by atoms with E-state index >= 15 is 0 Å². The fourth-order valence-corrected chi connectivity index (χ4v) is 2.07. The van der Waals surface area contributed by atoms with Crippen molar-refractivity contribution in [3.05, 3.63) is 41.7 Å². The maximum absolute atomic E-state index is 11.7. The van der Waals surface area contributed by atoms with E-state index in [1.165, 1.54) is 0 Å². The van der Waals surface area contributed by atoms with E-state index in [0.29, 0.717) is 0 Å². The predicted molar refractivity (Wildman–Crippen MR) is 59.9 cm³/mol. The van der Waals surface area contributed by atoms with Gasteiger partial charge in [0.2, 0.25) is 0 Å². The molecule has 1 amide bonds. The second-order valence-electron chi connectivity index (χ2n) is 3.98. The fraction of sp³-hybridized carbons (Fsp3) is 0.167. The van der Waals surface area contributed by atoms with Gasteiger partial charge in [0.15, 0.2) is 0 Å². The van der Waals surface area contributed by atoms with E-state index in [9.17, 15) is 4.79 Å². The van der Waals surface area contributed by atoms with E-state index in [1.54, 1.807) is 6.20 Å². The Hall–Kier alpha value is -2.10. The number of rotatable bonds is 1. The van der Waals surface area contributed by atoms with Gasteiger partial charge in [-0.05, 0) is 24.1 Å². The van der Waals surface area contributed by atoms with Crippen molar-refractivity contribution in [3.63, 3.8) is 0 Å². The molecule has 2 heterocycles. The molecule has 0 spiro atoms. The van der Waals surface area contributed by atoms with Gasteiger partial charge in [0.05, 0.1) is 12.2 Å². The minimum absolute atomic E-state index is 0.00726. The quantitative estimate of drug-likeness (QED) is 0.759. The van der Waals surface area contributed by atoms with Crippen LogP contribution < -0.4 is 5.32 Å². The van der Waals surface area contributed by atoms with Gasteiger partial charge in [-0.25, -0.2) is 0 Å². The van der Waals surface area contributed by atoms with Crippen molar-refractivity contribution in [2.24, 2.45) is 0 Å². The first-order chi connectivity index (χ1) is 7.75. The van der Waals surface area contributed by atoms with E-state index in [2.05, 4.69) is 15.5 Å². The Labute approximate surface area is 92.7 Å². The first-order valence-corrected chi connectivity index (χ1v) is 5.19. The number of nitrogens with zero attached hydrogens (tertiary/aromatic N) is 1. The molecule has 4 heteroatoms. The molecule has 16 heavy (non-hydrogen) atoms. The van der Waals surface area contributed by atoms with Crippen molar-refractivity contribution < 1.29 is 4.79 Å². The second kappa shape index (κ2) is 3.20. The number of hydrogen-bond acceptors (Lipinski definition) is 2. The highest BCUT2D eigenvalue weighted by molar-refractivity contribution is 6.00. The summed E-state index contributed by atoms with van der Waals surface area (Å²) in [6.45, 7) is 1.99. The molecule has 0 saturated heterocycles. The van der Waals surface area contributed by atoms with Crippen molar-refractivity contribution >= 4 is 5.91 Å². The van der Waals surface area contributed by atoms with Crippen LogP contribution in [0.3, 0.4) is 0 Å². The fourth-order valence-electron chi connectivity index (χ4n) is 2.07. The van der Waals surface area contributed by atoms with E-state index < -0.39 is 0 Å². The van der Waals surface area contributed by atoms with Gasteiger partial charge in [-0.3, -0.25) is 9.89 Å². The molecule has 2 N–H and O–H groups in total. The number of nitrogens with one attached hydrogen (secondary N) is 2. The lowest BCUT2D eigenvalue weighted by Gasteiger charge is -2.03. The van der Waals surface area contributed by atoms with Gasteiger partial charge in [-0.2, -0.15) is 5.10 Å². The van der Waals surface area contributed by atoms with Gasteiger partial charge in [0.1, 0.15) is 0 Å². The highest BCUT2D eigenvalue weighted by atomic mass is 16.2. The summed E-state index contributed by atoms with van der Waals surface area (Å²) in [5, 5.41) is 9.56. The number of H-pyrrole nitrogens is 1. The van der Waals surface area contributed by atoms with Crippen LogP contribution in [0.15, 0.2) is 30.6 Å². The first kappa shape index (κ1) is 9.15. The molecule has 2 aromatic rings. The van der Waals surface area contributed by atoms with E-state index in [-0.39, 0.29) is 11.9 Å². The standard InChI is InChI=1S/C12H11N3O/c1-7-10-3-2-8(9-5-13-14-6-9)4-11(10)12(16)15-7/h2-7H,1H3,(H,13,14)(H,15,16). The van der Waals surface area contributed by atoms with Crippen molar-refractivity contribution in [1.29, 1.82) is 0 Å². The molecular formula is C12H11N3O. The van der Waals surface area contributed by atoms with Gasteiger partial charge >= 0.3 is 0 Å². The van der Waals surface area contributed by atoms with Crippen LogP contribution in [0.2, 0.25) is 0 Å². The van der Waals surface area contributed by atoms with Crippen LogP contribution in [0.1, 0.15) is 28.9 Å². The molecule has 0 fully saturated rings. The molecule has 1 aliphatic heterocycles. The Morgan fingerprint density at radius 1 is 1.31 bits per heavy atom. The van der Waals surface area contributed by atoms with Crippen molar-refractivity contribution in [1.82, 2.24) is 15.5 Å². The Bertz CT molecular complexity index is 545. The average Bonchev–Trinajstić information content (AvgIpc) is 2.88. The van der Waals surface area contributed by atoms with E-state index in [4.69, 9.17) is 0 Å². The van der Waals surface area contributed by atoms with Crippen LogP contribution in [-0.4, -0.2) is 16.1 Å². The third kappa shape index (κ3) is 1.23. The number of benzene rings is 1. The number of carbonyl (C=O) groups is 1. The lowest BCUT2D eigenvalue weighted by molar-refractivity contribution is 0.0958. The molecule has 1 aromatic heterocycles. The summed E-state index contributed by atoms with van der Waals surface area (Å²) in [5.74, 6) is 0.00726. The van der Waals surface area contributed by atoms with Crippen LogP contribution >= 0.6 is 0 Å². The van der Waals surface area contributed by atoms with Crippen molar-refractivity contribution in [3.8, 4) is 11.1 Å². The molecule has 1 unspecified atom stereocenters. The maximum atomic E-state index is 11.7. The number of aromatic amines is 1. The molecule has 1 aromatic carbocycles. The van der Waals surface area contributed by atoms with Gasteiger partial charge in [-0.1, -0.05) is 12.1 Å². The lowest BCUT2D eigenvalue weighted by atomic mass is 10.0. The van der Waals surface area contributed by atoms with Crippen molar-refractivity contribution in [2.45, 2.75) is 13.0 Å². The Kier molecular flexibility index (Phi) is 1.83. The number of aromatic nitrogens is 2. The molecular weight excluding hydrogens is 202 g/mol. The zero-order valence-corrected chi connectivity index (χ0v) is 8.82. The Morgan fingerprint density at radius 3 is 2.94 bits per heavy atom. The Balaban J connectivity index is 2.13. The number of fused-ring (bicyclic) bond motifs is 1. The van der Waals surface area contributed by atoms with Gasteiger partial charge in [-0.15, -0.1) is 0 Å². The highest BCUT2D eigenvalue weighted by Crippen LogP contribution is 2.29. The topological polar surface area (TPSA) is 57.8 Å². The minimum atomic E-state index is 0.00726. The van der Waals surface area contributed by atoms with Crippen LogP contribution in [0.5, 0.6) is 0 Å². The normalized spacial score (nSPS) is 18.3. The molecule has 1 atom stereocenters. The van der Waals surface area contributed by atoms with Crippen LogP contribution in [0.25, 0.3) is 11.1 Å². The first-order valence-electron chi connectivity index (χ1n) is 5.19. The van der Waals surface area contributed by atoms with Crippen molar-refractivity contribution in [2.75, 3.05) is 0 Å². The van der Waals surface area contributed by atoms with Crippen LogP contribution in [0.4, 0.5) is 0 Å². The molecule has 0 aliphatic carbocycles. The summed E-state index contributed by atoms with van der Waals surface area (Å²) in [6.07, 6.45) is 3.57. The van der Waals surface area contributed by atoms with Gasteiger partial charge < -0.3 is 5.32 Å². The third-order valence-electron chi connectivity index (χ3n) is 2.94. The zero-order valence-electron chi connectivity index (χ0n) is 8.82. The SMILES string of the molecule is CC1NC(=O)c2cc(-c3cn[nH]c3)ccc21. The van der Waals surface area contributed by atoms with Gasteiger partial charge in [0, 0.05) is 17.3 Å². The minimum Gasteiger partial charge on any atom is -0.345 e. The van der Waals surface area contributed by atoms with Crippen LogP contribution in [0, 0.1) is 0 Å². The number of carbonyl (C=O) groups excluding carboxylic acids is 1. The maximum Gasteiger partial charge on any atom is 0.252 e. The zero-order chi connectivity index (χ0) is 11.1. The molecule has 0 saturated carbocycles. The number of amides is 1. The third-order valence-corrected chi connectivity index (χ3v) is 2.94. The average molecular weight is 213 g/mol. The largest absolute Gasteiger partial charge is 0.345 e. The molecule has 1 aliphatic rings. The summed E-state index contributed by atoms with van der Waals surface area (Å²) in [6, 6.07) is 6.04. The predicted octanol–water partition coefficient (Wildman–Crippen LogP) is 1.88. The molecule has 4 nitrogen and oxygen atoms in total. The summed E-state index contributed by atoms with van der Waals surface area (Å²) in [4.78, 5) is 11.7. The molecule has 3 rings (SSSR count). The summed E-state index contributed by atoms with van der Waals surface area (Å²) in [5.41, 5.74) is 3.84. The molecule has 0 radical (unpaired) electrons. The monoisotopic (exact) mass is 213 g/mol. The lowest BCUT2D eigenvalue weighted by Crippen LogP contribution is -2.16. The van der Waals surface area contributed by atoms with E-state index in [0.717, 1.165) is 22.3 Å². The highest BCUT2D eigenvalue weighted by Gasteiger charge is 2.25. The molecule has 80 valence electrons. The summed E-state index contributed by atoms with van der Waals surface area (Å²) < 4.78 is 0. The number of hydrogen-bond donors (Lipinski definition) is 2. The smallest absolute Gasteiger partial charge is 0.252 e. The van der Waals surface area contributed by atoms with Crippen LogP contribution in [-0.2, 0) is 0 Å². The van der Waals surface area contributed by atoms with Gasteiger partial charge in [0.25, 0.3) is 5.91 Å². The Morgan fingerprint density at radius 2 is 2.19 bits per heavy atom. The summed E-state index contributed by atoms with van der Waals surface area (Å²) >= 11 is 0. The summed E-state index contributed by atoms with van der Waals surface area (Å²) in [7, 11) is 0. The second-order valence-corrected chi connectivity index (χ2v) is 3.98. The van der Waals surface area contributed by atoms with E-state index in [1.807, 2.05) is 31.3 Å². The molecule has 0 bridgehead atoms.